The van der Waals surface area contributed by atoms with Crippen molar-refractivity contribution in [2.24, 2.45) is 0 Å². The van der Waals surface area contributed by atoms with Crippen LogP contribution in [0.4, 0.5) is 5.82 Å². The van der Waals surface area contributed by atoms with Crippen LogP contribution in [0.3, 0.4) is 0 Å². The Kier molecular flexibility index (Phi) is 3.14. The largest absolute Gasteiger partial charge is 0.364 e. The minimum atomic E-state index is -0.0260. The summed E-state index contributed by atoms with van der Waals surface area (Å²) in [7, 11) is 0. The van der Waals surface area contributed by atoms with Crippen LogP contribution in [0.15, 0.2) is 41.4 Å². The van der Waals surface area contributed by atoms with Gasteiger partial charge in [-0.25, -0.2) is 4.98 Å². The molecule has 2 aromatic heterocycles. The van der Waals surface area contributed by atoms with Gasteiger partial charge in [-0.1, -0.05) is 11.2 Å². The summed E-state index contributed by atoms with van der Waals surface area (Å²) in [6.45, 7) is 2.93. The second-order valence-electron chi connectivity index (χ2n) is 4.38. The highest BCUT2D eigenvalue weighted by molar-refractivity contribution is 5.93. The molecule has 1 saturated heterocycles. The standard InChI is InChI=1S/C13H14N4O2/c18-13(11-9-15-19-10-11)17-7-5-16(6-8-17)12-3-1-2-4-14-12/h1-4,9-10H,5-8H2. The molecule has 3 rings (SSSR count). The maximum absolute atomic E-state index is 12.1. The third-order valence-electron chi connectivity index (χ3n) is 3.22. The molecule has 0 saturated carbocycles. The predicted molar refractivity (Wildman–Crippen MR) is 68.9 cm³/mol. The molecule has 1 aliphatic heterocycles. The second-order valence-corrected chi connectivity index (χ2v) is 4.38. The summed E-state index contributed by atoms with van der Waals surface area (Å²) in [6, 6.07) is 5.85. The molecule has 0 spiro atoms. The van der Waals surface area contributed by atoms with Gasteiger partial charge in [-0.3, -0.25) is 4.79 Å². The van der Waals surface area contributed by atoms with Crippen molar-refractivity contribution >= 4 is 11.7 Å². The first kappa shape index (κ1) is 11.7. The molecule has 0 bridgehead atoms. The van der Waals surface area contributed by atoms with Gasteiger partial charge >= 0.3 is 0 Å². The number of piperazine rings is 1. The number of rotatable bonds is 2. The van der Waals surface area contributed by atoms with Crippen molar-refractivity contribution in [3.8, 4) is 0 Å². The molecule has 0 atom stereocenters. The highest BCUT2D eigenvalue weighted by Crippen LogP contribution is 2.14. The van der Waals surface area contributed by atoms with Crippen LogP contribution in [-0.2, 0) is 0 Å². The molecule has 1 fully saturated rings. The maximum atomic E-state index is 12.1. The summed E-state index contributed by atoms with van der Waals surface area (Å²) in [5.41, 5.74) is 0.506. The van der Waals surface area contributed by atoms with Gasteiger partial charge in [-0.2, -0.15) is 0 Å². The number of aromatic nitrogens is 2. The van der Waals surface area contributed by atoms with Crippen LogP contribution in [0, 0.1) is 0 Å². The van der Waals surface area contributed by atoms with Crippen LogP contribution < -0.4 is 4.90 Å². The van der Waals surface area contributed by atoms with E-state index in [2.05, 4.69) is 15.0 Å². The van der Waals surface area contributed by atoms with Crippen LogP contribution in [-0.4, -0.2) is 47.1 Å². The van der Waals surface area contributed by atoms with E-state index in [0.29, 0.717) is 18.7 Å². The zero-order valence-corrected chi connectivity index (χ0v) is 10.4. The Hall–Kier alpha value is -2.37. The minimum Gasteiger partial charge on any atom is -0.364 e. The molecule has 3 heterocycles. The van der Waals surface area contributed by atoms with Gasteiger partial charge in [0.1, 0.15) is 12.1 Å². The highest BCUT2D eigenvalue weighted by atomic mass is 16.5. The van der Waals surface area contributed by atoms with Gasteiger partial charge in [0, 0.05) is 32.4 Å². The fraction of sp³-hybridized carbons (Fsp3) is 0.308. The van der Waals surface area contributed by atoms with Gasteiger partial charge in [0.05, 0.1) is 11.8 Å². The average molecular weight is 258 g/mol. The number of amides is 1. The van der Waals surface area contributed by atoms with Crippen molar-refractivity contribution in [2.75, 3.05) is 31.1 Å². The minimum absolute atomic E-state index is 0.0260. The topological polar surface area (TPSA) is 62.5 Å². The van der Waals surface area contributed by atoms with E-state index in [1.807, 2.05) is 23.1 Å². The number of pyridine rings is 1. The summed E-state index contributed by atoms with van der Waals surface area (Å²) < 4.78 is 4.70. The Labute approximate surface area is 110 Å². The van der Waals surface area contributed by atoms with E-state index in [0.717, 1.165) is 18.9 Å². The normalized spacial score (nSPS) is 15.6. The molecule has 0 radical (unpaired) electrons. The molecule has 0 aliphatic carbocycles. The van der Waals surface area contributed by atoms with Crippen molar-refractivity contribution in [1.82, 2.24) is 15.0 Å². The molecule has 0 N–H and O–H groups in total. The SMILES string of the molecule is O=C(c1cnoc1)N1CCN(c2ccccn2)CC1. The molecular weight excluding hydrogens is 244 g/mol. The zero-order valence-electron chi connectivity index (χ0n) is 10.4. The molecule has 0 unspecified atom stereocenters. The lowest BCUT2D eigenvalue weighted by atomic mass is 10.2. The van der Waals surface area contributed by atoms with E-state index in [1.165, 1.54) is 12.5 Å². The smallest absolute Gasteiger partial charge is 0.258 e. The quantitative estimate of drug-likeness (QED) is 0.805. The van der Waals surface area contributed by atoms with Gasteiger partial charge in [-0.05, 0) is 12.1 Å². The monoisotopic (exact) mass is 258 g/mol. The maximum Gasteiger partial charge on any atom is 0.258 e. The number of hydrogen-bond acceptors (Lipinski definition) is 5. The predicted octanol–water partition coefficient (Wildman–Crippen LogP) is 1.03. The summed E-state index contributed by atoms with van der Waals surface area (Å²) >= 11 is 0. The fourth-order valence-corrected chi connectivity index (χ4v) is 2.17. The number of carbonyl (C=O) groups is 1. The molecule has 1 amide bonds. The van der Waals surface area contributed by atoms with Crippen molar-refractivity contribution < 1.29 is 9.32 Å². The summed E-state index contributed by atoms with van der Waals surface area (Å²) in [6.07, 6.45) is 4.62. The van der Waals surface area contributed by atoms with E-state index in [-0.39, 0.29) is 5.91 Å². The molecule has 98 valence electrons. The van der Waals surface area contributed by atoms with Crippen molar-refractivity contribution in [3.63, 3.8) is 0 Å². The zero-order chi connectivity index (χ0) is 13.1. The number of nitrogens with zero attached hydrogens (tertiary/aromatic N) is 4. The average Bonchev–Trinajstić information content (AvgIpc) is 3.02. The van der Waals surface area contributed by atoms with E-state index >= 15 is 0 Å². The first-order valence-corrected chi connectivity index (χ1v) is 6.19. The van der Waals surface area contributed by atoms with Gasteiger partial charge in [0.2, 0.25) is 0 Å². The lowest BCUT2D eigenvalue weighted by Crippen LogP contribution is -2.49. The van der Waals surface area contributed by atoms with Crippen molar-refractivity contribution in [1.29, 1.82) is 0 Å². The van der Waals surface area contributed by atoms with E-state index in [4.69, 9.17) is 4.52 Å². The molecule has 6 nitrogen and oxygen atoms in total. The third kappa shape index (κ3) is 2.42. The van der Waals surface area contributed by atoms with Crippen LogP contribution in [0.2, 0.25) is 0 Å². The summed E-state index contributed by atoms with van der Waals surface area (Å²) in [5, 5.41) is 3.56. The summed E-state index contributed by atoms with van der Waals surface area (Å²) in [5.74, 6) is 0.932. The Balaban J connectivity index is 1.62. The Bertz CT molecular complexity index is 533. The molecule has 1 aliphatic rings. The van der Waals surface area contributed by atoms with Crippen LogP contribution >= 0.6 is 0 Å². The molecule has 6 heteroatoms. The van der Waals surface area contributed by atoms with Gasteiger partial charge in [0.15, 0.2) is 0 Å². The fourth-order valence-electron chi connectivity index (χ4n) is 2.17. The van der Waals surface area contributed by atoms with Crippen molar-refractivity contribution in [3.05, 3.63) is 42.4 Å². The highest BCUT2D eigenvalue weighted by Gasteiger charge is 2.23. The first-order chi connectivity index (χ1) is 9.34. The molecule has 19 heavy (non-hydrogen) atoms. The van der Waals surface area contributed by atoms with Gasteiger partial charge in [-0.15, -0.1) is 0 Å². The van der Waals surface area contributed by atoms with E-state index in [9.17, 15) is 4.79 Å². The Morgan fingerprint density at radius 3 is 2.68 bits per heavy atom. The Morgan fingerprint density at radius 1 is 1.21 bits per heavy atom. The van der Waals surface area contributed by atoms with Crippen LogP contribution in [0.5, 0.6) is 0 Å². The molecular formula is C13H14N4O2. The Morgan fingerprint density at radius 2 is 2.05 bits per heavy atom. The van der Waals surface area contributed by atoms with Crippen LogP contribution in [0.1, 0.15) is 10.4 Å². The van der Waals surface area contributed by atoms with E-state index < -0.39 is 0 Å². The molecule has 0 aromatic carbocycles. The second kappa shape index (κ2) is 5.09. The number of hydrogen-bond donors (Lipinski definition) is 0. The number of anilines is 1. The van der Waals surface area contributed by atoms with Crippen molar-refractivity contribution in [2.45, 2.75) is 0 Å². The molecule has 2 aromatic rings. The van der Waals surface area contributed by atoms with Crippen LogP contribution in [0.25, 0.3) is 0 Å². The first-order valence-electron chi connectivity index (χ1n) is 6.19. The lowest BCUT2D eigenvalue weighted by Gasteiger charge is -2.35. The summed E-state index contributed by atoms with van der Waals surface area (Å²) in [4.78, 5) is 20.4. The van der Waals surface area contributed by atoms with E-state index in [1.54, 1.807) is 6.20 Å². The van der Waals surface area contributed by atoms with Gasteiger partial charge in [0.25, 0.3) is 5.91 Å². The third-order valence-corrected chi connectivity index (χ3v) is 3.22. The number of carbonyl (C=O) groups excluding carboxylic acids is 1. The van der Waals surface area contributed by atoms with Gasteiger partial charge < -0.3 is 14.3 Å². The lowest BCUT2D eigenvalue weighted by molar-refractivity contribution is 0.0746.